The highest BCUT2D eigenvalue weighted by molar-refractivity contribution is 7.13. The minimum atomic E-state index is -0.535. The van der Waals surface area contributed by atoms with Crippen LogP contribution < -0.4 is 16.8 Å². The van der Waals surface area contributed by atoms with Crippen LogP contribution in [-0.2, 0) is 16.0 Å². The zero-order valence-electron chi connectivity index (χ0n) is 21.1. The molecule has 8 nitrogen and oxygen atoms in total. The molecule has 5 N–H and O–H groups in total. The van der Waals surface area contributed by atoms with Crippen LogP contribution in [0.1, 0.15) is 76.0 Å². The number of carbonyl (C=O) groups is 2. The molecule has 0 saturated heterocycles. The first-order chi connectivity index (χ1) is 16.1. The molecule has 0 fully saturated rings. The Morgan fingerprint density at radius 1 is 1.21 bits per heavy atom. The van der Waals surface area contributed by atoms with E-state index in [1.165, 1.54) is 4.88 Å². The molecule has 1 aliphatic heterocycles. The summed E-state index contributed by atoms with van der Waals surface area (Å²) >= 11 is 1.68. The van der Waals surface area contributed by atoms with Crippen LogP contribution in [0.15, 0.2) is 16.6 Å². The third-order valence-corrected chi connectivity index (χ3v) is 6.32. The summed E-state index contributed by atoms with van der Waals surface area (Å²) in [7, 11) is 0. The molecule has 0 aromatic carbocycles. The van der Waals surface area contributed by atoms with E-state index >= 15 is 0 Å². The number of nitrogens with two attached hydrogens (primary N) is 2. The summed E-state index contributed by atoms with van der Waals surface area (Å²) in [6, 6.07) is 2.09. The average molecular weight is 492 g/mol. The summed E-state index contributed by atoms with van der Waals surface area (Å²) in [5.41, 5.74) is 12.7. The second-order valence-electron chi connectivity index (χ2n) is 9.59. The van der Waals surface area contributed by atoms with Crippen molar-refractivity contribution in [1.29, 1.82) is 0 Å². The van der Waals surface area contributed by atoms with Crippen molar-refractivity contribution < 1.29 is 14.3 Å². The Kier molecular flexibility index (Phi) is 11.0. The number of hydrogen-bond donors (Lipinski definition) is 3. The summed E-state index contributed by atoms with van der Waals surface area (Å²) in [6.45, 7) is 9.87. The minimum absolute atomic E-state index is 0.0250. The van der Waals surface area contributed by atoms with E-state index in [4.69, 9.17) is 16.2 Å². The fraction of sp³-hybridized carbons (Fsp3) is 0.640. The molecule has 1 aromatic heterocycles. The Hall–Kier alpha value is -2.39. The SMILES string of the molecule is CCCN(CCCNC(=O)OC(C)(C)C)C(=O)C1=Cc2sc(CCCCCN)cc2N=C(N)C1. The Morgan fingerprint density at radius 2 is 1.97 bits per heavy atom. The van der Waals surface area contributed by atoms with Crippen molar-refractivity contribution in [3.05, 3.63) is 21.4 Å². The summed E-state index contributed by atoms with van der Waals surface area (Å²) in [5, 5.41) is 2.75. The lowest BCUT2D eigenvalue weighted by Crippen LogP contribution is -2.37. The van der Waals surface area contributed by atoms with E-state index in [1.807, 2.05) is 38.7 Å². The van der Waals surface area contributed by atoms with Gasteiger partial charge in [0.1, 0.15) is 11.4 Å². The van der Waals surface area contributed by atoms with Crippen molar-refractivity contribution in [3.63, 3.8) is 0 Å². The van der Waals surface area contributed by atoms with E-state index < -0.39 is 11.7 Å². The maximum Gasteiger partial charge on any atom is 0.407 e. The standard InChI is InChI=1S/C25H41N5O3S/c1-5-13-30(14-9-12-28-24(32)33-25(2,3)4)23(31)18-15-21-20(29-22(27)16-18)17-19(34-21)10-7-6-8-11-26/h15,17H,5-14,16,26H2,1-4H3,(H2,27,29)(H,28,32). The third kappa shape index (κ3) is 9.46. The van der Waals surface area contributed by atoms with Crippen molar-refractivity contribution >= 4 is 40.9 Å². The Labute approximate surface area is 207 Å². The maximum absolute atomic E-state index is 13.4. The van der Waals surface area contributed by atoms with Gasteiger partial charge < -0.3 is 26.4 Å². The molecular weight excluding hydrogens is 450 g/mol. The number of thiophene rings is 1. The van der Waals surface area contributed by atoms with Gasteiger partial charge >= 0.3 is 6.09 Å². The number of aryl methyl sites for hydroxylation is 1. The number of hydrogen-bond acceptors (Lipinski definition) is 7. The van der Waals surface area contributed by atoms with Gasteiger partial charge in [0.2, 0.25) is 5.91 Å². The van der Waals surface area contributed by atoms with Gasteiger partial charge in [-0.1, -0.05) is 13.3 Å². The van der Waals surface area contributed by atoms with E-state index in [1.54, 1.807) is 11.3 Å². The van der Waals surface area contributed by atoms with Gasteiger partial charge in [-0.15, -0.1) is 11.3 Å². The molecule has 2 amide bonds. The molecule has 1 aromatic rings. The van der Waals surface area contributed by atoms with Gasteiger partial charge in [-0.2, -0.15) is 0 Å². The smallest absolute Gasteiger partial charge is 0.407 e. The molecule has 2 heterocycles. The van der Waals surface area contributed by atoms with Crippen molar-refractivity contribution in [2.75, 3.05) is 26.2 Å². The summed E-state index contributed by atoms with van der Waals surface area (Å²) in [5.74, 6) is 0.428. The Morgan fingerprint density at radius 3 is 2.65 bits per heavy atom. The molecule has 0 radical (unpaired) electrons. The lowest BCUT2D eigenvalue weighted by Gasteiger charge is -2.24. The number of nitrogens with zero attached hydrogens (tertiary/aromatic N) is 2. The molecular formula is C25H41N5O3S. The zero-order valence-corrected chi connectivity index (χ0v) is 21.9. The van der Waals surface area contributed by atoms with Crippen LogP contribution in [0.25, 0.3) is 6.08 Å². The minimum Gasteiger partial charge on any atom is -0.444 e. The summed E-state index contributed by atoms with van der Waals surface area (Å²) < 4.78 is 5.26. The molecule has 9 heteroatoms. The number of amides is 2. The van der Waals surface area contributed by atoms with E-state index in [0.717, 1.165) is 49.2 Å². The molecule has 0 unspecified atom stereocenters. The van der Waals surface area contributed by atoms with Gasteiger partial charge in [0, 0.05) is 36.5 Å². The second kappa shape index (κ2) is 13.5. The van der Waals surface area contributed by atoms with E-state index in [2.05, 4.69) is 16.4 Å². The highest BCUT2D eigenvalue weighted by Crippen LogP contribution is 2.35. The van der Waals surface area contributed by atoms with Gasteiger partial charge in [-0.25, -0.2) is 9.79 Å². The quantitative estimate of drug-likeness (QED) is 0.375. The van der Waals surface area contributed by atoms with Crippen LogP contribution in [0.4, 0.5) is 10.5 Å². The van der Waals surface area contributed by atoms with Crippen molar-refractivity contribution in [2.24, 2.45) is 16.5 Å². The van der Waals surface area contributed by atoms with Crippen molar-refractivity contribution in [2.45, 2.75) is 78.2 Å². The number of alkyl carbamates (subject to hydrolysis) is 1. The molecule has 34 heavy (non-hydrogen) atoms. The van der Waals surface area contributed by atoms with Gasteiger partial charge in [0.15, 0.2) is 0 Å². The number of nitrogens with one attached hydrogen (secondary N) is 1. The highest BCUT2D eigenvalue weighted by Gasteiger charge is 2.22. The first kappa shape index (κ1) is 27.9. The molecule has 0 atom stereocenters. The predicted octanol–water partition coefficient (Wildman–Crippen LogP) is 4.35. The number of amidine groups is 1. The van der Waals surface area contributed by atoms with Crippen LogP contribution in [0.2, 0.25) is 0 Å². The lowest BCUT2D eigenvalue weighted by molar-refractivity contribution is -0.127. The van der Waals surface area contributed by atoms with Crippen LogP contribution in [0.3, 0.4) is 0 Å². The number of fused-ring (bicyclic) bond motifs is 1. The van der Waals surface area contributed by atoms with Crippen molar-refractivity contribution in [1.82, 2.24) is 10.2 Å². The largest absolute Gasteiger partial charge is 0.444 e. The number of aliphatic imine (C=N–C) groups is 1. The van der Waals surface area contributed by atoms with Crippen LogP contribution in [-0.4, -0.2) is 54.5 Å². The average Bonchev–Trinajstić information content (AvgIpc) is 3.04. The van der Waals surface area contributed by atoms with E-state index in [0.29, 0.717) is 43.9 Å². The summed E-state index contributed by atoms with van der Waals surface area (Å²) in [6.07, 6.45) is 7.55. The fourth-order valence-electron chi connectivity index (χ4n) is 3.68. The number of unbranched alkanes of at least 4 members (excludes halogenated alkanes) is 2. The lowest BCUT2D eigenvalue weighted by atomic mass is 10.1. The summed E-state index contributed by atoms with van der Waals surface area (Å²) in [4.78, 5) is 33.9. The molecule has 0 bridgehead atoms. The van der Waals surface area contributed by atoms with Gasteiger partial charge in [-0.3, -0.25) is 4.79 Å². The molecule has 190 valence electrons. The predicted molar refractivity (Wildman–Crippen MR) is 141 cm³/mol. The molecule has 0 spiro atoms. The van der Waals surface area contributed by atoms with Crippen LogP contribution in [0.5, 0.6) is 0 Å². The monoisotopic (exact) mass is 491 g/mol. The van der Waals surface area contributed by atoms with E-state index in [-0.39, 0.29) is 5.91 Å². The molecule has 0 saturated carbocycles. The molecule has 0 aliphatic carbocycles. The molecule has 1 aliphatic rings. The number of rotatable bonds is 12. The van der Waals surface area contributed by atoms with Crippen molar-refractivity contribution in [3.8, 4) is 0 Å². The third-order valence-electron chi connectivity index (χ3n) is 5.19. The van der Waals surface area contributed by atoms with Crippen LogP contribution in [0, 0.1) is 0 Å². The Bertz CT molecular complexity index is 886. The number of carbonyl (C=O) groups excluding carboxylic acids is 2. The Balaban J connectivity index is 2.02. The van der Waals surface area contributed by atoms with Crippen LogP contribution >= 0.6 is 11.3 Å². The van der Waals surface area contributed by atoms with Gasteiger partial charge in [0.25, 0.3) is 0 Å². The fourth-order valence-corrected chi connectivity index (χ4v) is 4.79. The second-order valence-corrected chi connectivity index (χ2v) is 10.8. The first-order valence-corrected chi connectivity index (χ1v) is 13.1. The normalized spacial score (nSPS) is 13.4. The number of ether oxygens (including phenoxy) is 1. The first-order valence-electron chi connectivity index (χ1n) is 12.3. The topological polar surface area (TPSA) is 123 Å². The molecule has 2 rings (SSSR count). The maximum atomic E-state index is 13.4. The van der Waals surface area contributed by atoms with E-state index in [9.17, 15) is 9.59 Å². The van der Waals surface area contributed by atoms with Gasteiger partial charge in [-0.05, 0) is 71.6 Å². The van der Waals surface area contributed by atoms with Gasteiger partial charge in [0.05, 0.1) is 10.6 Å². The highest BCUT2D eigenvalue weighted by atomic mass is 32.1. The zero-order chi connectivity index (χ0) is 25.1.